The van der Waals surface area contributed by atoms with E-state index in [0.29, 0.717) is 12.8 Å². The third-order valence-corrected chi connectivity index (χ3v) is 3.63. The highest BCUT2D eigenvalue weighted by Crippen LogP contribution is 2.14. The smallest absolute Gasteiger partial charge is 0.162 e. The summed E-state index contributed by atoms with van der Waals surface area (Å²) < 4.78 is 0. The van der Waals surface area contributed by atoms with Gasteiger partial charge in [-0.1, -0.05) is 47.0 Å². The van der Waals surface area contributed by atoms with Crippen LogP contribution in [0, 0.1) is 5.92 Å². The van der Waals surface area contributed by atoms with Crippen molar-refractivity contribution < 1.29 is 20.4 Å². The Morgan fingerprint density at radius 1 is 0.950 bits per heavy atom. The summed E-state index contributed by atoms with van der Waals surface area (Å²) in [7, 11) is 0. The van der Waals surface area contributed by atoms with E-state index in [9.17, 15) is 5.11 Å². The van der Waals surface area contributed by atoms with Gasteiger partial charge in [0.15, 0.2) is 5.79 Å². The predicted molar refractivity (Wildman–Crippen MR) is 83.4 cm³/mol. The summed E-state index contributed by atoms with van der Waals surface area (Å²) in [5.74, 6) is -1.32. The summed E-state index contributed by atoms with van der Waals surface area (Å²) in [4.78, 5) is 0. The summed E-state index contributed by atoms with van der Waals surface area (Å²) in [6.07, 6.45) is 6.41. The molecule has 0 saturated carbocycles. The molecular formula is C16H36O4. The molecule has 4 heteroatoms. The van der Waals surface area contributed by atoms with E-state index in [1.807, 2.05) is 13.8 Å². The highest BCUT2D eigenvalue weighted by Gasteiger charge is 2.18. The van der Waals surface area contributed by atoms with Crippen molar-refractivity contribution in [2.45, 2.75) is 91.0 Å². The van der Waals surface area contributed by atoms with Crippen molar-refractivity contribution in [3.05, 3.63) is 0 Å². The first-order valence-electron chi connectivity index (χ1n) is 8.12. The minimum Gasteiger partial charge on any atom is -0.396 e. The summed E-state index contributed by atoms with van der Waals surface area (Å²) >= 11 is 0. The number of rotatable bonds is 10. The molecule has 0 aromatic rings. The molecular weight excluding hydrogens is 256 g/mol. The number of aliphatic hydroxyl groups is 4. The van der Waals surface area contributed by atoms with Crippen LogP contribution in [-0.2, 0) is 0 Å². The van der Waals surface area contributed by atoms with Gasteiger partial charge in [0, 0.05) is 18.9 Å². The lowest BCUT2D eigenvalue weighted by molar-refractivity contribution is -0.167. The molecule has 20 heavy (non-hydrogen) atoms. The average molecular weight is 292 g/mol. The van der Waals surface area contributed by atoms with Crippen LogP contribution in [0.4, 0.5) is 0 Å². The van der Waals surface area contributed by atoms with E-state index < -0.39 is 5.79 Å². The van der Waals surface area contributed by atoms with Crippen molar-refractivity contribution in [2.75, 3.05) is 6.61 Å². The number of aliphatic hydroxyl groups excluding tert-OH is 2. The Bertz CT molecular complexity index is 191. The van der Waals surface area contributed by atoms with Crippen molar-refractivity contribution >= 4 is 0 Å². The van der Waals surface area contributed by atoms with Gasteiger partial charge in [-0.05, 0) is 25.7 Å². The van der Waals surface area contributed by atoms with Crippen LogP contribution < -0.4 is 0 Å². The number of hydrogen-bond acceptors (Lipinski definition) is 4. The molecule has 124 valence electrons. The number of hydrogen-bond donors (Lipinski definition) is 4. The van der Waals surface area contributed by atoms with E-state index in [2.05, 4.69) is 6.92 Å². The van der Waals surface area contributed by atoms with Crippen LogP contribution in [0.25, 0.3) is 0 Å². The topological polar surface area (TPSA) is 80.9 Å². The Morgan fingerprint density at radius 2 is 1.55 bits per heavy atom. The van der Waals surface area contributed by atoms with Gasteiger partial charge in [-0.3, -0.25) is 0 Å². The van der Waals surface area contributed by atoms with Gasteiger partial charge in [0.2, 0.25) is 0 Å². The van der Waals surface area contributed by atoms with Gasteiger partial charge in [-0.25, -0.2) is 0 Å². The van der Waals surface area contributed by atoms with Gasteiger partial charge in [0.25, 0.3) is 0 Å². The summed E-state index contributed by atoms with van der Waals surface area (Å²) in [6, 6.07) is 0. The van der Waals surface area contributed by atoms with Crippen molar-refractivity contribution in [1.29, 1.82) is 0 Å². The van der Waals surface area contributed by atoms with Gasteiger partial charge >= 0.3 is 0 Å². The summed E-state index contributed by atoms with van der Waals surface area (Å²) in [5.41, 5.74) is 0. The molecule has 0 fully saturated rings. The quantitative estimate of drug-likeness (QED) is 0.369. The standard InChI is InChI=1S/2C8H18O2/c1-3-5-8(10)7(4-2)6-9;1-3-5-6-7-8(9,10)4-2/h7-10H,3-6H2,1-2H3;9-10H,3-7H2,1-2H3. The van der Waals surface area contributed by atoms with Gasteiger partial charge in [-0.2, -0.15) is 0 Å². The van der Waals surface area contributed by atoms with Crippen LogP contribution in [0.5, 0.6) is 0 Å². The Balaban J connectivity index is 0. The lowest BCUT2D eigenvalue weighted by Crippen LogP contribution is -2.26. The molecule has 4 N–H and O–H groups in total. The molecule has 0 amide bonds. The zero-order valence-corrected chi connectivity index (χ0v) is 13.8. The van der Waals surface area contributed by atoms with Gasteiger partial charge in [0.1, 0.15) is 0 Å². The molecule has 0 heterocycles. The maximum atomic E-state index is 9.35. The van der Waals surface area contributed by atoms with E-state index in [1.54, 1.807) is 6.92 Å². The zero-order valence-electron chi connectivity index (χ0n) is 13.8. The fraction of sp³-hybridized carbons (Fsp3) is 1.00. The largest absolute Gasteiger partial charge is 0.396 e. The molecule has 2 unspecified atom stereocenters. The Labute approximate surface area is 124 Å². The van der Waals surface area contributed by atoms with Crippen molar-refractivity contribution in [1.82, 2.24) is 0 Å². The molecule has 0 bridgehead atoms. The van der Waals surface area contributed by atoms with E-state index >= 15 is 0 Å². The minimum absolute atomic E-state index is 0.0833. The first-order valence-corrected chi connectivity index (χ1v) is 8.12. The average Bonchev–Trinajstić information content (AvgIpc) is 2.41. The highest BCUT2D eigenvalue weighted by molar-refractivity contribution is 4.65. The Hall–Kier alpha value is -0.160. The third-order valence-electron chi connectivity index (χ3n) is 3.63. The fourth-order valence-electron chi connectivity index (χ4n) is 1.89. The highest BCUT2D eigenvalue weighted by atomic mass is 16.5. The molecule has 4 nitrogen and oxygen atoms in total. The van der Waals surface area contributed by atoms with Gasteiger partial charge < -0.3 is 20.4 Å². The first-order chi connectivity index (χ1) is 9.38. The van der Waals surface area contributed by atoms with E-state index in [-0.39, 0.29) is 18.6 Å². The van der Waals surface area contributed by atoms with Crippen LogP contribution in [0.2, 0.25) is 0 Å². The molecule has 0 spiro atoms. The summed E-state index contributed by atoms with van der Waals surface area (Å²) in [6.45, 7) is 8.01. The van der Waals surface area contributed by atoms with Crippen LogP contribution in [0.3, 0.4) is 0 Å². The Morgan fingerprint density at radius 3 is 1.90 bits per heavy atom. The Kier molecular flexibility index (Phi) is 15.3. The van der Waals surface area contributed by atoms with Crippen LogP contribution >= 0.6 is 0 Å². The molecule has 2 atom stereocenters. The predicted octanol–water partition coefficient (Wildman–Crippen LogP) is 2.82. The maximum absolute atomic E-state index is 9.35. The van der Waals surface area contributed by atoms with Crippen LogP contribution in [0.1, 0.15) is 79.1 Å². The molecule has 0 saturated heterocycles. The van der Waals surface area contributed by atoms with Crippen molar-refractivity contribution in [3.8, 4) is 0 Å². The van der Waals surface area contributed by atoms with Crippen LogP contribution in [0.15, 0.2) is 0 Å². The van der Waals surface area contributed by atoms with Crippen molar-refractivity contribution in [2.24, 2.45) is 5.92 Å². The third kappa shape index (κ3) is 12.9. The van der Waals surface area contributed by atoms with Crippen LogP contribution in [-0.4, -0.2) is 38.9 Å². The zero-order chi connectivity index (χ0) is 16.0. The number of unbranched alkanes of at least 4 members (excludes halogenated alkanes) is 2. The molecule has 0 aliphatic carbocycles. The molecule has 0 radical (unpaired) electrons. The second-order valence-electron chi connectivity index (χ2n) is 5.50. The van der Waals surface area contributed by atoms with Crippen molar-refractivity contribution in [3.63, 3.8) is 0 Å². The second kappa shape index (κ2) is 13.8. The normalized spacial score (nSPS) is 14.4. The SMILES string of the molecule is CCCC(O)C(CC)CO.CCCCCC(O)(O)CC. The lowest BCUT2D eigenvalue weighted by Gasteiger charge is -2.18. The van der Waals surface area contributed by atoms with Gasteiger partial charge in [0.05, 0.1) is 6.10 Å². The molecule has 0 aliphatic rings. The minimum atomic E-state index is -1.41. The maximum Gasteiger partial charge on any atom is 0.162 e. The van der Waals surface area contributed by atoms with E-state index in [0.717, 1.165) is 38.5 Å². The molecule has 0 aromatic carbocycles. The molecule has 0 aromatic heterocycles. The van der Waals surface area contributed by atoms with E-state index in [4.69, 9.17) is 15.3 Å². The summed E-state index contributed by atoms with van der Waals surface area (Å²) in [5, 5.41) is 36.3. The first kappa shape index (κ1) is 22.1. The van der Waals surface area contributed by atoms with Gasteiger partial charge in [-0.15, -0.1) is 0 Å². The molecule has 0 rings (SSSR count). The monoisotopic (exact) mass is 292 g/mol. The molecule has 0 aliphatic heterocycles. The second-order valence-corrected chi connectivity index (χ2v) is 5.50. The lowest BCUT2D eigenvalue weighted by atomic mass is 9.97. The fourth-order valence-corrected chi connectivity index (χ4v) is 1.89. The van der Waals surface area contributed by atoms with E-state index in [1.165, 1.54) is 0 Å².